The molecule has 0 saturated carbocycles. The van der Waals surface area contributed by atoms with Gasteiger partial charge >= 0.3 is 0 Å². The monoisotopic (exact) mass is 399 g/mol. The third-order valence-corrected chi connectivity index (χ3v) is 6.88. The lowest BCUT2D eigenvalue weighted by molar-refractivity contribution is -0.119. The number of thioether (sulfide) groups is 1. The van der Waals surface area contributed by atoms with E-state index in [4.69, 9.17) is 0 Å². The lowest BCUT2D eigenvalue weighted by atomic mass is 9.97. The quantitative estimate of drug-likeness (QED) is 0.505. The average molecular weight is 400 g/mol. The van der Waals surface area contributed by atoms with E-state index in [9.17, 15) is 9.59 Å². The normalized spacial score (nSPS) is 14.7. The molecule has 0 unspecified atom stereocenters. The van der Waals surface area contributed by atoms with E-state index in [2.05, 4.69) is 15.3 Å². The summed E-state index contributed by atoms with van der Waals surface area (Å²) in [5.41, 5.74) is 2.16. The molecule has 1 atom stereocenters. The summed E-state index contributed by atoms with van der Waals surface area (Å²) >= 11 is 2.89. The molecule has 0 fully saturated rings. The highest BCUT2D eigenvalue weighted by Gasteiger charge is 2.20. The van der Waals surface area contributed by atoms with E-state index in [0.29, 0.717) is 5.16 Å². The van der Waals surface area contributed by atoms with Crippen molar-refractivity contribution >= 4 is 39.2 Å². The molecular weight excluding hydrogens is 378 g/mol. The number of nitrogens with zero attached hydrogens (tertiary/aromatic N) is 1. The summed E-state index contributed by atoms with van der Waals surface area (Å²) in [7, 11) is 0. The van der Waals surface area contributed by atoms with Gasteiger partial charge in [0.25, 0.3) is 5.56 Å². The summed E-state index contributed by atoms with van der Waals surface area (Å²) in [4.78, 5) is 34.3. The first-order valence-corrected chi connectivity index (χ1v) is 10.9. The second kappa shape index (κ2) is 7.86. The molecule has 2 heterocycles. The predicted octanol–water partition coefficient (Wildman–Crippen LogP) is 3.83. The molecule has 5 nitrogen and oxygen atoms in total. The standard InChI is InChI=1S/C20H21N3O2S2/c1-12(13-7-3-2-4-8-13)21-16(24)11-26-20-22-18(25)17-14-9-5-6-10-15(14)27-19(17)23-20/h2-4,7-8,12H,5-6,9-11H2,1H3,(H,21,24)(H,22,23,25)/t12-/m0/s1. The smallest absolute Gasteiger partial charge is 0.260 e. The van der Waals surface area contributed by atoms with E-state index in [0.717, 1.165) is 35.0 Å². The topological polar surface area (TPSA) is 74.8 Å². The van der Waals surface area contributed by atoms with Crippen LogP contribution in [0.3, 0.4) is 0 Å². The van der Waals surface area contributed by atoms with Gasteiger partial charge in [-0.2, -0.15) is 0 Å². The molecule has 7 heteroatoms. The maximum Gasteiger partial charge on any atom is 0.260 e. The maximum absolute atomic E-state index is 12.5. The highest BCUT2D eigenvalue weighted by atomic mass is 32.2. The fourth-order valence-corrected chi connectivity index (χ4v) is 5.45. The number of rotatable bonds is 5. The van der Waals surface area contributed by atoms with Crippen molar-refractivity contribution in [1.29, 1.82) is 0 Å². The Morgan fingerprint density at radius 2 is 2.07 bits per heavy atom. The number of amides is 1. The molecular formula is C20H21N3O2S2. The van der Waals surface area contributed by atoms with Crippen LogP contribution in [-0.2, 0) is 17.6 Å². The lowest BCUT2D eigenvalue weighted by Gasteiger charge is -2.13. The number of nitrogens with one attached hydrogen (secondary N) is 2. The van der Waals surface area contributed by atoms with Crippen LogP contribution in [-0.4, -0.2) is 21.6 Å². The Hall–Kier alpha value is -2.12. The van der Waals surface area contributed by atoms with E-state index in [1.165, 1.54) is 28.6 Å². The fraction of sp³-hybridized carbons (Fsp3) is 0.350. The van der Waals surface area contributed by atoms with Gasteiger partial charge < -0.3 is 10.3 Å². The Bertz CT molecular complexity index is 1030. The molecule has 2 N–H and O–H groups in total. The molecule has 0 bridgehead atoms. The summed E-state index contributed by atoms with van der Waals surface area (Å²) in [6.07, 6.45) is 4.32. The highest BCUT2D eigenvalue weighted by molar-refractivity contribution is 7.99. The lowest BCUT2D eigenvalue weighted by Crippen LogP contribution is -2.28. The van der Waals surface area contributed by atoms with E-state index in [1.807, 2.05) is 37.3 Å². The third kappa shape index (κ3) is 3.94. The third-order valence-electron chi connectivity index (χ3n) is 4.82. The van der Waals surface area contributed by atoms with Crippen LogP contribution in [0.15, 0.2) is 40.3 Å². The van der Waals surface area contributed by atoms with Gasteiger partial charge in [-0.3, -0.25) is 9.59 Å². The van der Waals surface area contributed by atoms with E-state index in [-0.39, 0.29) is 23.3 Å². The number of benzene rings is 1. The first-order valence-electron chi connectivity index (χ1n) is 9.13. The average Bonchev–Trinajstić information content (AvgIpc) is 3.06. The molecule has 1 amide bonds. The van der Waals surface area contributed by atoms with Gasteiger partial charge in [-0.15, -0.1) is 11.3 Å². The van der Waals surface area contributed by atoms with E-state index in [1.54, 1.807) is 11.3 Å². The number of aryl methyl sites for hydroxylation is 2. The Balaban J connectivity index is 1.44. The number of hydrogen-bond acceptors (Lipinski definition) is 5. The molecule has 0 radical (unpaired) electrons. The van der Waals surface area contributed by atoms with Gasteiger partial charge in [-0.1, -0.05) is 42.1 Å². The molecule has 0 spiro atoms. The van der Waals surface area contributed by atoms with Crippen LogP contribution in [0.4, 0.5) is 0 Å². The van der Waals surface area contributed by atoms with Gasteiger partial charge in [0.2, 0.25) is 5.91 Å². The number of hydrogen-bond donors (Lipinski definition) is 2. The van der Waals surface area contributed by atoms with Crippen molar-refractivity contribution < 1.29 is 4.79 Å². The second-order valence-electron chi connectivity index (χ2n) is 6.75. The van der Waals surface area contributed by atoms with Crippen LogP contribution in [0.5, 0.6) is 0 Å². The zero-order chi connectivity index (χ0) is 18.8. The summed E-state index contributed by atoms with van der Waals surface area (Å²) in [6.45, 7) is 1.96. The number of carbonyl (C=O) groups is 1. The summed E-state index contributed by atoms with van der Waals surface area (Å²) in [5.74, 6) is 0.140. The van der Waals surface area contributed by atoms with Crippen LogP contribution in [0.1, 0.15) is 41.8 Å². The maximum atomic E-state index is 12.5. The molecule has 0 saturated heterocycles. The van der Waals surface area contributed by atoms with Crippen LogP contribution in [0.25, 0.3) is 10.2 Å². The summed E-state index contributed by atoms with van der Waals surface area (Å²) in [5, 5.41) is 4.24. The first-order chi connectivity index (χ1) is 13.1. The van der Waals surface area contributed by atoms with Crippen LogP contribution in [0.2, 0.25) is 0 Å². The van der Waals surface area contributed by atoms with Gasteiger partial charge in [-0.25, -0.2) is 4.98 Å². The van der Waals surface area contributed by atoms with Gasteiger partial charge in [-0.05, 0) is 43.7 Å². The minimum absolute atomic E-state index is 0.0576. The zero-order valence-electron chi connectivity index (χ0n) is 15.1. The van der Waals surface area contributed by atoms with Gasteiger partial charge in [0, 0.05) is 4.88 Å². The summed E-state index contributed by atoms with van der Waals surface area (Å²) < 4.78 is 0. The van der Waals surface area contributed by atoms with Crippen molar-refractivity contribution in [2.75, 3.05) is 5.75 Å². The minimum atomic E-state index is -0.0834. The summed E-state index contributed by atoms with van der Waals surface area (Å²) in [6, 6.07) is 9.79. The Kier molecular flexibility index (Phi) is 5.31. The number of aromatic amines is 1. The largest absolute Gasteiger partial charge is 0.349 e. The Morgan fingerprint density at radius 1 is 1.30 bits per heavy atom. The molecule has 1 aromatic carbocycles. The van der Waals surface area contributed by atoms with Crippen molar-refractivity contribution in [3.05, 3.63) is 56.7 Å². The molecule has 2 aromatic heterocycles. The number of thiophene rings is 1. The van der Waals surface area contributed by atoms with E-state index >= 15 is 0 Å². The Morgan fingerprint density at radius 3 is 2.89 bits per heavy atom. The van der Waals surface area contributed by atoms with Gasteiger partial charge in [0.15, 0.2) is 5.16 Å². The number of H-pyrrole nitrogens is 1. The first kappa shape index (κ1) is 18.3. The molecule has 3 aromatic rings. The molecule has 27 heavy (non-hydrogen) atoms. The zero-order valence-corrected chi connectivity index (χ0v) is 16.7. The van der Waals surface area contributed by atoms with Crippen molar-refractivity contribution in [2.45, 2.75) is 43.8 Å². The van der Waals surface area contributed by atoms with Crippen molar-refractivity contribution in [3.8, 4) is 0 Å². The van der Waals surface area contributed by atoms with Gasteiger partial charge in [0.05, 0.1) is 17.2 Å². The number of fused-ring (bicyclic) bond motifs is 3. The van der Waals surface area contributed by atoms with Crippen molar-refractivity contribution in [3.63, 3.8) is 0 Å². The highest BCUT2D eigenvalue weighted by Crippen LogP contribution is 2.34. The Labute approximate surface area is 165 Å². The number of carbonyl (C=O) groups excluding carboxylic acids is 1. The molecule has 0 aliphatic heterocycles. The van der Waals surface area contributed by atoms with E-state index < -0.39 is 0 Å². The predicted molar refractivity (Wildman–Crippen MR) is 111 cm³/mol. The van der Waals surface area contributed by atoms with Crippen LogP contribution in [0, 0.1) is 0 Å². The minimum Gasteiger partial charge on any atom is -0.349 e. The number of aromatic nitrogens is 2. The molecule has 1 aliphatic rings. The second-order valence-corrected chi connectivity index (χ2v) is 8.80. The molecule has 1 aliphatic carbocycles. The van der Waals surface area contributed by atoms with Crippen LogP contribution < -0.4 is 10.9 Å². The van der Waals surface area contributed by atoms with Crippen molar-refractivity contribution in [2.24, 2.45) is 0 Å². The van der Waals surface area contributed by atoms with Crippen LogP contribution >= 0.6 is 23.1 Å². The SMILES string of the molecule is C[C@H](NC(=O)CSc1nc2sc3c(c2c(=O)[nH]1)CCCC3)c1ccccc1. The molecule has 140 valence electrons. The fourth-order valence-electron chi connectivity index (χ4n) is 3.45. The van der Waals surface area contributed by atoms with Crippen molar-refractivity contribution in [1.82, 2.24) is 15.3 Å². The van der Waals surface area contributed by atoms with Gasteiger partial charge in [0.1, 0.15) is 4.83 Å². The molecule has 4 rings (SSSR count).